The van der Waals surface area contributed by atoms with Gasteiger partial charge in [-0.05, 0) is 49.9 Å². The molecule has 22 heavy (non-hydrogen) atoms. The number of likely N-dealkylation sites (tertiary alicyclic amines) is 1. The van der Waals surface area contributed by atoms with Crippen LogP contribution >= 0.6 is 0 Å². The molecule has 0 radical (unpaired) electrons. The van der Waals surface area contributed by atoms with Gasteiger partial charge in [0.15, 0.2) is 0 Å². The molecule has 0 aromatic heterocycles. The molecule has 1 aromatic carbocycles. The molecule has 1 heterocycles. The standard InChI is InChI=1S/C15H19F3N2O2/c1-2-12-5-3-4-10-20(12)14(21)19-11-6-8-13(9-7-11)22-15(16,17)18/h6-9,12H,2-5,10H2,1H3,(H,19,21). The maximum absolute atomic E-state index is 12.3. The summed E-state index contributed by atoms with van der Waals surface area (Å²) >= 11 is 0. The summed E-state index contributed by atoms with van der Waals surface area (Å²) in [6.07, 6.45) is -0.741. The third-order valence-electron chi connectivity index (χ3n) is 3.70. The van der Waals surface area contributed by atoms with E-state index < -0.39 is 6.36 Å². The lowest BCUT2D eigenvalue weighted by Crippen LogP contribution is -2.45. The van der Waals surface area contributed by atoms with E-state index >= 15 is 0 Å². The molecule has 1 saturated heterocycles. The Bertz CT molecular complexity index is 503. The minimum atomic E-state index is -4.72. The molecule has 2 rings (SSSR count). The van der Waals surface area contributed by atoms with Crippen LogP contribution in [-0.2, 0) is 0 Å². The highest BCUT2D eigenvalue weighted by Crippen LogP contribution is 2.25. The molecule has 0 saturated carbocycles. The summed E-state index contributed by atoms with van der Waals surface area (Å²) in [5, 5.41) is 2.72. The summed E-state index contributed by atoms with van der Waals surface area (Å²) in [5.74, 6) is -0.310. The number of ether oxygens (including phenoxy) is 1. The van der Waals surface area contributed by atoms with Crippen molar-refractivity contribution in [2.45, 2.75) is 45.0 Å². The van der Waals surface area contributed by atoms with Crippen LogP contribution in [0.5, 0.6) is 5.75 Å². The molecule has 4 nitrogen and oxygen atoms in total. The molecule has 0 spiro atoms. The van der Waals surface area contributed by atoms with Crippen LogP contribution < -0.4 is 10.1 Å². The molecule has 0 bridgehead atoms. The van der Waals surface area contributed by atoms with E-state index in [9.17, 15) is 18.0 Å². The van der Waals surface area contributed by atoms with Crippen LogP contribution in [0.2, 0.25) is 0 Å². The number of rotatable bonds is 3. The van der Waals surface area contributed by atoms with Crippen molar-refractivity contribution in [1.82, 2.24) is 4.90 Å². The van der Waals surface area contributed by atoms with Gasteiger partial charge in [-0.25, -0.2) is 4.79 Å². The number of nitrogens with one attached hydrogen (secondary N) is 1. The van der Waals surface area contributed by atoms with Crippen molar-refractivity contribution in [2.24, 2.45) is 0 Å². The van der Waals surface area contributed by atoms with E-state index in [0.29, 0.717) is 12.2 Å². The van der Waals surface area contributed by atoms with E-state index in [1.54, 1.807) is 4.90 Å². The average Bonchev–Trinajstić information content (AvgIpc) is 2.47. The minimum Gasteiger partial charge on any atom is -0.406 e. The zero-order chi connectivity index (χ0) is 16.2. The Kier molecular flexibility index (Phi) is 5.15. The highest BCUT2D eigenvalue weighted by Gasteiger charge is 2.31. The molecule has 1 N–H and O–H groups in total. The summed E-state index contributed by atoms with van der Waals surface area (Å²) in [7, 11) is 0. The Morgan fingerprint density at radius 2 is 2.00 bits per heavy atom. The summed E-state index contributed by atoms with van der Waals surface area (Å²) in [6, 6.07) is 5.15. The van der Waals surface area contributed by atoms with Crippen LogP contribution in [0.1, 0.15) is 32.6 Å². The highest BCUT2D eigenvalue weighted by molar-refractivity contribution is 5.89. The lowest BCUT2D eigenvalue weighted by molar-refractivity contribution is -0.274. The Hall–Kier alpha value is -1.92. The van der Waals surface area contributed by atoms with E-state index in [0.717, 1.165) is 25.7 Å². The number of anilines is 1. The zero-order valence-electron chi connectivity index (χ0n) is 12.3. The first-order valence-corrected chi connectivity index (χ1v) is 7.32. The number of urea groups is 1. The van der Waals surface area contributed by atoms with E-state index in [1.807, 2.05) is 6.92 Å². The predicted molar refractivity (Wildman–Crippen MR) is 76.8 cm³/mol. The quantitative estimate of drug-likeness (QED) is 0.899. The maximum Gasteiger partial charge on any atom is 0.573 e. The third-order valence-corrected chi connectivity index (χ3v) is 3.70. The number of hydrogen-bond acceptors (Lipinski definition) is 2. The fourth-order valence-electron chi connectivity index (χ4n) is 2.63. The molecule has 1 fully saturated rings. The van der Waals surface area contributed by atoms with Crippen LogP contribution in [0.15, 0.2) is 24.3 Å². The van der Waals surface area contributed by atoms with Crippen LogP contribution in [0, 0.1) is 0 Å². The van der Waals surface area contributed by atoms with Gasteiger partial charge in [-0.15, -0.1) is 13.2 Å². The second-order valence-electron chi connectivity index (χ2n) is 5.25. The summed E-state index contributed by atoms with van der Waals surface area (Å²) < 4.78 is 40.0. The molecule has 1 unspecified atom stereocenters. The van der Waals surface area contributed by atoms with Crippen LogP contribution in [0.4, 0.5) is 23.7 Å². The van der Waals surface area contributed by atoms with E-state index in [-0.39, 0.29) is 17.8 Å². The molecule has 1 aromatic rings. The Labute approximate surface area is 127 Å². The molecule has 2 amide bonds. The van der Waals surface area contributed by atoms with Gasteiger partial charge in [0.25, 0.3) is 0 Å². The number of nitrogens with zero attached hydrogens (tertiary/aromatic N) is 1. The van der Waals surface area contributed by atoms with Gasteiger partial charge in [-0.3, -0.25) is 0 Å². The molecule has 122 valence electrons. The fourth-order valence-corrected chi connectivity index (χ4v) is 2.63. The predicted octanol–water partition coefficient (Wildman–Crippen LogP) is 4.38. The van der Waals surface area contributed by atoms with Crippen molar-refractivity contribution in [3.63, 3.8) is 0 Å². The van der Waals surface area contributed by atoms with Crippen molar-refractivity contribution in [3.8, 4) is 5.75 Å². The van der Waals surface area contributed by atoms with Gasteiger partial charge < -0.3 is 15.0 Å². The lowest BCUT2D eigenvalue weighted by atomic mass is 10.0. The molecule has 7 heteroatoms. The number of carbonyl (C=O) groups is 1. The number of halogens is 3. The topological polar surface area (TPSA) is 41.6 Å². The lowest BCUT2D eigenvalue weighted by Gasteiger charge is -2.35. The molecule has 1 atom stereocenters. The van der Waals surface area contributed by atoms with Crippen LogP contribution in [0.25, 0.3) is 0 Å². The van der Waals surface area contributed by atoms with Gasteiger partial charge in [0.2, 0.25) is 0 Å². The minimum absolute atomic E-state index is 0.212. The number of alkyl halides is 3. The largest absolute Gasteiger partial charge is 0.573 e. The molecule has 1 aliphatic heterocycles. The summed E-state index contributed by atoms with van der Waals surface area (Å²) in [5.41, 5.74) is 0.444. The normalized spacial score (nSPS) is 18.9. The number of hydrogen-bond donors (Lipinski definition) is 1. The van der Waals surface area contributed by atoms with Gasteiger partial charge in [0.05, 0.1) is 0 Å². The van der Waals surface area contributed by atoms with Gasteiger partial charge in [-0.1, -0.05) is 6.92 Å². The van der Waals surface area contributed by atoms with E-state index in [4.69, 9.17) is 0 Å². The number of carbonyl (C=O) groups excluding carboxylic acids is 1. The Morgan fingerprint density at radius 3 is 2.59 bits per heavy atom. The second kappa shape index (κ2) is 6.89. The number of benzene rings is 1. The number of piperidine rings is 1. The second-order valence-corrected chi connectivity index (χ2v) is 5.25. The molecule has 1 aliphatic rings. The third kappa shape index (κ3) is 4.54. The van der Waals surface area contributed by atoms with E-state index in [1.165, 1.54) is 24.3 Å². The van der Waals surface area contributed by atoms with Crippen molar-refractivity contribution >= 4 is 11.7 Å². The fraction of sp³-hybridized carbons (Fsp3) is 0.533. The van der Waals surface area contributed by atoms with Crippen molar-refractivity contribution in [2.75, 3.05) is 11.9 Å². The molecular weight excluding hydrogens is 297 g/mol. The summed E-state index contributed by atoms with van der Waals surface area (Å²) in [4.78, 5) is 14.0. The Balaban J connectivity index is 1.96. The highest BCUT2D eigenvalue weighted by atomic mass is 19.4. The van der Waals surface area contributed by atoms with Gasteiger partial charge in [-0.2, -0.15) is 0 Å². The van der Waals surface area contributed by atoms with Gasteiger partial charge in [0.1, 0.15) is 5.75 Å². The van der Waals surface area contributed by atoms with Crippen molar-refractivity contribution < 1.29 is 22.7 Å². The van der Waals surface area contributed by atoms with Crippen LogP contribution in [-0.4, -0.2) is 29.9 Å². The average molecular weight is 316 g/mol. The first-order chi connectivity index (χ1) is 10.4. The first kappa shape index (κ1) is 16.5. The summed E-state index contributed by atoms with van der Waals surface area (Å²) in [6.45, 7) is 2.75. The SMILES string of the molecule is CCC1CCCCN1C(=O)Nc1ccc(OC(F)(F)F)cc1. The molecular formula is C15H19F3N2O2. The maximum atomic E-state index is 12.3. The Morgan fingerprint density at radius 1 is 1.32 bits per heavy atom. The van der Waals surface area contributed by atoms with Crippen LogP contribution in [0.3, 0.4) is 0 Å². The van der Waals surface area contributed by atoms with Crippen molar-refractivity contribution in [1.29, 1.82) is 0 Å². The first-order valence-electron chi connectivity index (χ1n) is 7.32. The van der Waals surface area contributed by atoms with E-state index in [2.05, 4.69) is 10.1 Å². The van der Waals surface area contributed by atoms with Crippen molar-refractivity contribution in [3.05, 3.63) is 24.3 Å². The van der Waals surface area contributed by atoms with Gasteiger partial charge in [0, 0.05) is 18.3 Å². The monoisotopic (exact) mass is 316 g/mol. The zero-order valence-corrected chi connectivity index (χ0v) is 12.3. The molecule has 0 aliphatic carbocycles. The van der Waals surface area contributed by atoms with Gasteiger partial charge >= 0.3 is 12.4 Å². The smallest absolute Gasteiger partial charge is 0.406 e. The number of amides is 2.